The molecule has 224 valence electrons. The Morgan fingerprint density at radius 2 is 1.21 bits per heavy atom. The Labute approximate surface area is 228 Å². The first-order chi connectivity index (χ1) is 17.0. The smallest absolute Gasteiger partial charge is 0.414 e. The SMILES string of the molecule is CN(C)C(=O)Oc1ccccc1C[N+](C)(C)CCCCCCCC[N+](C)(C)C.O=S(=O)([O-])O.O=S(=O)([O-])O. The molecule has 1 amide bonds. The van der Waals surface area contributed by atoms with Gasteiger partial charge in [0.05, 0.1) is 48.3 Å². The van der Waals surface area contributed by atoms with Crippen LogP contribution in [0.5, 0.6) is 5.75 Å². The van der Waals surface area contributed by atoms with Gasteiger partial charge in [0.25, 0.3) is 0 Å². The van der Waals surface area contributed by atoms with Crippen molar-refractivity contribution in [3.63, 3.8) is 0 Å². The Hall–Kier alpha value is -1.85. The second-order valence-electron chi connectivity index (χ2n) is 10.7. The van der Waals surface area contributed by atoms with Gasteiger partial charge in [0.1, 0.15) is 12.3 Å². The van der Waals surface area contributed by atoms with Crippen LogP contribution in [0.25, 0.3) is 0 Å². The number of rotatable bonds is 12. The largest absolute Gasteiger partial charge is 0.726 e. The van der Waals surface area contributed by atoms with E-state index >= 15 is 0 Å². The average Bonchev–Trinajstić information content (AvgIpc) is 2.67. The van der Waals surface area contributed by atoms with Crippen LogP contribution < -0.4 is 4.74 Å². The third-order valence-corrected chi connectivity index (χ3v) is 4.98. The van der Waals surface area contributed by atoms with E-state index in [2.05, 4.69) is 41.3 Å². The number of unbranched alkanes of at least 4 members (excludes halogenated alkanes) is 5. The molecule has 2 N–H and O–H groups in total. The Morgan fingerprint density at radius 3 is 1.63 bits per heavy atom. The average molecular weight is 588 g/mol. The molecule has 0 aliphatic carbocycles. The molecule has 13 nitrogen and oxygen atoms in total. The highest BCUT2D eigenvalue weighted by Crippen LogP contribution is 2.23. The van der Waals surface area contributed by atoms with Crippen molar-refractivity contribution in [1.29, 1.82) is 0 Å². The molecule has 0 spiro atoms. The summed E-state index contributed by atoms with van der Waals surface area (Å²) in [4.78, 5) is 13.4. The number of hydrogen-bond acceptors (Lipinski definition) is 8. The number of hydrogen-bond donors (Lipinski definition) is 2. The van der Waals surface area contributed by atoms with Crippen LogP contribution in [0.2, 0.25) is 0 Å². The fraction of sp³-hybridized carbons (Fsp3) is 0.696. The molecule has 0 saturated carbocycles. The number of para-hydroxylation sites is 1. The summed E-state index contributed by atoms with van der Waals surface area (Å²) in [5.74, 6) is 0.671. The van der Waals surface area contributed by atoms with E-state index in [0.29, 0.717) is 5.75 Å². The molecule has 0 radical (unpaired) electrons. The topological polar surface area (TPSA) is 184 Å². The molecule has 1 aromatic carbocycles. The van der Waals surface area contributed by atoms with E-state index in [1.807, 2.05) is 18.2 Å². The second kappa shape index (κ2) is 17.7. The number of quaternary nitrogens is 2. The highest BCUT2D eigenvalue weighted by Gasteiger charge is 2.19. The van der Waals surface area contributed by atoms with E-state index in [4.69, 9.17) is 39.8 Å². The molecule has 0 aliphatic rings. The summed E-state index contributed by atoms with van der Waals surface area (Å²) >= 11 is 0. The van der Waals surface area contributed by atoms with E-state index in [1.165, 1.54) is 50.0 Å². The zero-order valence-corrected chi connectivity index (χ0v) is 25.1. The van der Waals surface area contributed by atoms with E-state index in [0.717, 1.165) is 27.6 Å². The van der Waals surface area contributed by atoms with Gasteiger partial charge in [0, 0.05) is 19.7 Å². The number of ether oxygens (including phenoxy) is 1. The maximum atomic E-state index is 11.9. The first-order valence-corrected chi connectivity index (χ1v) is 14.7. The summed E-state index contributed by atoms with van der Waals surface area (Å²) in [6, 6.07) is 7.87. The summed E-state index contributed by atoms with van der Waals surface area (Å²) < 4.78 is 73.2. The van der Waals surface area contributed by atoms with Crippen molar-refractivity contribution in [2.45, 2.75) is 45.1 Å². The van der Waals surface area contributed by atoms with E-state index < -0.39 is 20.8 Å². The van der Waals surface area contributed by atoms with Crippen molar-refractivity contribution < 1.29 is 53.5 Å². The lowest BCUT2D eigenvalue weighted by Crippen LogP contribution is -2.39. The molecule has 0 aliphatic heterocycles. The van der Waals surface area contributed by atoms with Crippen molar-refractivity contribution in [2.24, 2.45) is 0 Å². The van der Waals surface area contributed by atoms with Crippen molar-refractivity contribution >= 4 is 26.9 Å². The zero-order chi connectivity index (χ0) is 30.2. The Kier molecular flexibility index (Phi) is 17.8. The van der Waals surface area contributed by atoms with Gasteiger partial charge in [-0.1, -0.05) is 25.0 Å². The standard InChI is InChI=1S/C23H43N3O2.2H2O4S/c1-24(2)23(27)28-22-17-13-12-16-21(22)20-26(6,7)19-15-11-9-8-10-14-18-25(3,4)5;2*1-5(2,3)4/h12-13,16-17H,8-11,14-15,18-20H2,1-7H3;2*(H2,1,2,3,4)/q+2;;/p-2. The summed E-state index contributed by atoms with van der Waals surface area (Å²) in [5.41, 5.74) is 1.09. The summed E-state index contributed by atoms with van der Waals surface area (Å²) in [5, 5.41) is 0. The molecule has 0 bridgehead atoms. The van der Waals surface area contributed by atoms with Crippen LogP contribution in [-0.2, 0) is 27.3 Å². The van der Waals surface area contributed by atoms with Gasteiger partial charge in [0.15, 0.2) is 0 Å². The molecule has 15 heteroatoms. The molecular weight excluding hydrogens is 542 g/mol. The van der Waals surface area contributed by atoms with Crippen LogP contribution in [0, 0.1) is 0 Å². The van der Waals surface area contributed by atoms with E-state index in [-0.39, 0.29) is 6.09 Å². The van der Waals surface area contributed by atoms with Gasteiger partial charge in [-0.15, -0.1) is 0 Å². The highest BCUT2D eigenvalue weighted by molar-refractivity contribution is 7.80. The minimum Gasteiger partial charge on any atom is -0.726 e. The molecular formula is C23H45N3O10S2. The van der Waals surface area contributed by atoms with Crippen LogP contribution >= 0.6 is 0 Å². The van der Waals surface area contributed by atoms with Gasteiger partial charge in [0.2, 0.25) is 20.8 Å². The molecule has 0 fully saturated rings. The van der Waals surface area contributed by atoms with E-state index in [1.54, 1.807) is 14.1 Å². The Morgan fingerprint density at radius 1 is 0.816 bits per heavy atom. The molecule has 1 rings (SSSR count). The first-order valence-electron chi connectivity index (χ1n) is 12.0. The highest BCUT2D eigenvalue weighted by atomic mass is 32.3. The van der Waals surface area contributed by atoms with Gasteiger partial charge in [-0.25, -0.2) is 21.6 Å². The van der Waals surface area contributed by atoms with Crippen LogP contribution in [0.15, 0.2) is 24.3 Å². The maximum Gasteiger partial charge on any atom is 0.414 e. The van der Waals surface area contributed by atoms with Crippen molar-refractivity contribution in [1.82, 2.24) is 4.90 Å². The fourth-order valence-electron chi connectivity index (χ4n) is 3.29. The predicted molar refractivity (Wildman–Crippen MR) is 142 cm³/mol. The molecule has 0 heterocycles. The maximum absolute atomic E-state index is 11.9. The second-order valence-corrected chi connectivity index (χ2v) is 12.4. The Balaban J connectivity index is 0. The lowest BCUT2D eigenvalue weighted by atomic mass is 10.1. The minimum atomic E-state index is -4.92. The van der Waals surface area contributed by atoms with Crippen LogP contribution in [0.4, 0.5) is 4.79 Å². The van der Waals surface area contributed by atoms with E-state index in [9.17, 15) is 4.79 Å². The predicted octanol–water partition coefficient (Wildman–Crippen LogP) is 2.38. The number of carbonyl (C=O) groups excluding carboxylic acids is 1. The van der Waals surface area contributed by atoms with Gasteiger partial charge in [-0.05, 0) is 37.8 Å². The number of amides is 1. The van der Waals surface area contributed by atoms with Gasteiger partial charge < -0.3 is 27.7 Å². The fourth-order valence-corrected chi connectivity index (χ4v) is 3.29. The molecule has 38 heavy (non-hydrogen) atoms. The van der Waals surface area contributed by atoms with Crippen molar-refractivity contribution in [3.05, 3.63) is 29.8 Å². The molecule has 0 aromatic heterocycles. The van der Waals surface area contributed by atoms with Gasteiger partial charge >= 0.3 is 6.09 Å². The normalized spacial score (nSPS) is 12.0. The van der Waals surface area contributed by atoms with Crippen LogP contribution in [0.3, 0.4) is 0 Å². The molecule has 0 unspecified atom stereocenters. The van der Waals surface area contributed by atoms with Gasteiger partial charge in [-0.2, -0.15) is 0 Å². The monoisotopic (exact) mass is 587 g/mol. The number of benzene rings is 1. The summed E-state index contributed by atoms with van der Waals surface area (Å²) in [6.45, 7) is 3.26. The Bertz CT molecular complexity index is 976. The van der Waals surface area contributed by atoms with Gasteiger partial charge in [-0.3, -0.25) is 9.11 Å². The van der Waals surface area contributed by atoms with Crippen molar-refractivity contribution in [3.8, 4) is 5.75 Å². The number of carbonyl (C=O) groups is 1. The molecule has 0 saturated heterocycles. The molecule has 0 atom stereocenters. The summed E-state index contributed by atoms with van der Waals surface area (Å²) in [6.07, 6.45) is 7.55. The third-order valence-electron chi connectivity index (χ3n) is 4.98. The van der Waals surface area contributed by atoms with Crippen LogP contribution in [-0.4, -0.2) is 117 Å². The summed E-state index contributed by atoms with van der Waals surface area (Å²) in [7, 11) is 4.87. The zero-order valence-electron chi connectivity index (χ0n) is 23.5. The van der Waals surface area contributed by atoms with Crippen LogP contribution in [0.1, 0.15) is 44.1 Å². The third kappa shape index (κ3) is 30.4. The van der Waals surface area contributed by atoms with Crippen molar-refractivity contribution in [2.75, 3.05) is 62.4 Å². The first kappa shape index (κ1) is 38.3. The lowest BCUT2D eigenvalue weighted by Gasteiger charge is -2.30. The minimum absolute atomic E-state index is 0.331. The lowest BCUT2D eigenvalue weighted by molar-refractivity contribution is -0.903. The quantitative estimate of drug-likeness (QED) is 0.159. The molecule has 1 aromatic rings. The number of nitrogens with zero attached hydrogens (tertiary/aromatic N) is 3.